The van der Waals surface area contributed by atoms with Crippen LogP contribution < -0.4 is 14.2 Å². The van der Waals surface area contributed by atoms with Crippen molar-refractivity contribution in [3.63, 3.8) is 0 Å². The molecule has 1 unspecified atom stereocenters. The lowest BCUT2D eigenvalue weighted by Crippen LogP contribution is -2.13. The summed E-state index contributed by atoms with van der Waals surface area (Å²) >= 11 is 0. The van der Waals surface area contributed by atoms with Crippen molar-refractivity contribution < 1.29 is 33.7 Å². The van der Waals surface area contributed by atoms with E-state index < -0.39 is 24.5 Å². The first kappa shape index (κ1) is 24.6. The van der Waals surface area contributed by atoms with Gasteiger partial charge in [-0.15, -0.1) is 0 Å². The Kier molecular flexibility index (Phi) is 6.85. The molecule has 0 aliphatic heterocycles. The first-order chi connectivity index (χ1) is 17.2. The second-order valence-electron chi connectivity index (χ2n) is 8.45. The lowest BCUT2D eigenvalue weighted by Gasteiger charge is -2.10. The Morgan fingerprint density at radius 2 is 1.28 bits per heavy atom. The molecule has 1 N–H and O–H groups in total. The predicted octanol–water partition coefficient (Wildman–Crippen LogP) is 4.97. The molecule has 1 atom stereocenters. The Bertz CT molecular complexity index is 1400. The molecule has 0 aromatic heterocycles. The van der Waals surface area contributed by atoms with Crippen molar-refractivity contribution in [3.05, 3.63) is 102 Å². The highest BCUT2D eigenvalue weighted by atomic mass is 16.5. The van der Waals surface area contributed by atoms with Crippen LogP contribution in [0.25, 0.3) is 11.1 Å². The Balaban J connectivity index is 1.48. The summed E-state index contributed by atoms with van der Waals surface area (Å²) in [5, 5.41) is 9.06. The quantitative estimate of drug-likeness (QED) is 0.287. The van der Waals surface area contributed by atoms with E-state index in [-0.39, 0.29) is 17.1 Å². The second-order valence-corrected chi connectivity index (χ2v) is 8.45. The highest BCUT2D eigenvalue weighted by molar-refractivity contribution is 5.92. The predicted molar refractivity (Wildman–Crippen MR) is 133 cm³/mol. The van der Waals surface area contributed by atoms with E-state index in [1.54, 1.807) is 25.1 Å². The summed E-state index contributed by atoms with van der Waals surface area (Å²) in [6, 6.07) is 16.8. The number of aliphatic hydroxyl groups is 1. The van der Waals surface area contributed by atoms with Crippen molar-refractivity contribution in [1.29, 1.82) is 0 Å². The molecule has 0 heterocycles. The maximum atomic E-state index is 12.7. The molecule has 7 heteroatoms. The number of fused-ring (bicyclic) bond motifs is 3. The number of carbonyl (C=O) groups is 3. The summed E-state index contributed by atoms with van der Waals surface area (Å²) < 4.78 is 16.0. The minimum atomic E-state index is -0.683. The average molecular weight is 485 g/mol. The van der Waals surface area contributed by atoms with Gasteiger partial charge in [-0.3, -0.25) is 0 Å². The Morgan fingerprint density at radius 3 is 1.81 bits per heavy atom. The lowest BCUT2D eigenvalue weighted by molar-refractivity contribution is -0.131. The van der Waals surface area contributed by atoms with E-state index in [2.05, 4.69) is 13.2 Å². The van der Waals surface area contributed by atoms with Crippen molar-refractivity contribution in [1.82, 2.24) is 0 Å². The van der Waals surface area contributed by atoms with Gasteiger partial charge in [-0.25, -0.2) is 14.4 Å². The van der Waals surface area contributed by atoms with Crippen LogP contribution in [0.1, 0.15) is 41.3 Å². The van der Waals surface area contributed by atoms with E-state index in [4.69, 9.17) is 19.3 Å². The van der Waals surface area contributed by atoms with Crippen LogP contribution in [0.2, 0.25) is 0 Å². The van der Waals surface area contributed by atoms with Gasteiger partial charge >= 0.3 is 17.9 Å². The average Bonchev–Trinajstić information content (AvgIpc) is 3.14. The van der Waals surface area contributed by atoms with Gasteiger partial charge in [0.25, 0.3) is 0 Å². The van der Waals surface area contributed by atoms with E-state index in [1.807, 2.05) is 25.1 Å². The van der Waals surface area contributed by atoms with Gasteiger partial charge in [0, 0.05) is 11.5 Å². The van der Waals surface area contributed by atoms with Gasteiger partial charge in [0.1, 0.15) is 17.2 Å². The van der Waals surface area contributed by atoms with Gasteiger partial charge in [-0.1, -0.05) is 32.2 Å². The Labute approximate surface area is 208 Å². The number of hydrogen-bond donors (Lipinski definition) is 1. The van der Waals surface area contributed by atoms with Crippen LogP contribution in [-0.2, 0) is 9.59 Å². The van der Waals surface area contributed by atoms with E-state index in [9.17, 15) is 14.4 Å². The molecule has 0 bridgehead atoms. The standard InChI is InChI=1S/C29H24O7/c1-16(2)27(31)34-20-7-5-19(6-8-20)29(33)36-22-10-12-24-23-11-9-21(35-28(32)17(3)15-30)13-25(23)18(4)26(24)14-22/h5-14,18,30H,1,3,15H2,2,4H3. The molecule has 1 aliphatic carbocycles. The molecule has 182 valence electrons. The molecular formula is C29H24O7. The molecule has 1 aliphatic rings. The fourth-order valence-corrected chi connectivity index (χ4v) is 3.85. The van der Waals surface area contributed by atoms with Crippen LogP contribution in [0, 0.1) is 0 Å². The topological polar surface area (TPSA) is 99.1 Å². The molecule has 7 nitrogen and oxygen atoms in total. The number of carbonyl (C=O) groups excluding carboxylic acids is 3. The highest BCUT2D eigenvalue weighted by Crippen LogP contribution is 2.47. The molecule has 3 aromatic rings. The van der Waals surface area contributed by atoms with Crippen molar-refractivity contribution >= 4 is 17.9 Å². The van der Waals surface area contributed by atoms with Gasteiger partial charge in [0.05, 0.1) is 17.7 Å². The third kappa shape index (κ3) is 4.96. The molecular weight excluding hydrogens is 460 g/mol. The third-order valence-corrected chi connectivity index (χ3v) is 5.82. The summed E-state index contributed by atoms with van der Waals surface area (Å²) in [6.07, 6.45) is 0. The molecule has 4 rings (SSSR count). The number of hydrogen-bond acceptors (Lipinski definition) is 7. The summed E-state index contributed by atoms with van der Waals surface area (Å²) in [7, 11) is 0. The molecule has 0 amide bonds. The maximum Gasteiger partial charge on any atom is 0.343 e. The normalized spacial score (nSPS) is 13.2. The van der Waals surface area contributed by atoms with E-state index in [0.29, 0.717) is 22.8 Å². The van der Waals surface area contributed by atoms with Crippen molar-refractivity contribution in [2.75, 3.05) is 6.61 Å². The summed E-state index contributed by atoms with van der Waals surface area (Å²) in [5.41, 5.74) is 4.48. The van der Waals surface area contributed by atoms with Crippen LogP contribution in [0.5, 0.6) is 17.2 Å². The van der Waals surface area contributed by atoms with Gasteiger partial charge in [-0.05, 0) is 77.7 Å². The minimum absolute atomic E-state index is 0.0270. The van der Waals surface area contributed by atoms with Crippen molar-refractivity contribution in [3.8, 4) is 28.4 Å². The highest BCUT2D eigenvalue weighted by Gasteiger charge is 2.27. The van der Waals surface area contributed by atoms with Gasteiger partial charge < -0.3 is 19.3 Å². The van der Waals surface area contributed by atoms with E-state index in [1.165, 1.54) is 24.3 Å². The number of rotatable bonds is 7. The number of ether oxygens (including phenoxy) is 3. The summed E-state index contributed by atoms with van der Waals surface area (Å²) in [4.78, 5) is 36.2. The van der Waals surface area contributed by atoms with Crippen LogP contribution in [0.4, 0.5) is 0 Å². The second kappa shape index (κ2) is 10.0. The van der Waals surface area contributed by atoms with Gasteiger partial charge in [0.2, 0.25) is 0 Å². The van der Waals surface area contributed by atoms with Gasteiger partial charge in [-0.2, -0.15) is 0 Å². The molecule has 0 saturated carbocycles. The van der Waals surface area contributed by atoms with Gasteiger partial charge in [0.15, 0.2) is 0 Å². The Morgan fingerprint density at radius 1 is 0.778 bits per heavy atom. The van der Waals surface area contributed by atoms with E-state index in [0.717, 1.165) is 22.3 Å². The smallest absolute Gasteiger partial charge is 0.343 e. The summed E-state index contributed by atoms with van der Waals surface area (Å²) in [5.74, 6) is -0.755. The molecule has 3 aromatic carbocycles. The number of benzene rings is 3. The number of aliphatic hydroxyl groups excluding tert-OH is 1. The van der Waals surface area contributed by atoms with E-state index >= 15 is 0 Å². The zero-order chi connectivity index (χ0) is 26.0. The molecule has 0 spiro atoms. The zero-order valence-corrected chi connectivity index (χ0v) is 19.9. The first-order valence-corrected chi connectivity index (χ1v) is 11.2. The van der Waals surface area contributed by atoms with Crippen molar-refractivity contribution in [2.45, 2.75) is 19.8 Å². The lowest BCUT2D eigenvalue weighted by atomic mass is 9.99. The minimum Gasteiger partial charge on any atom is -0.423 e. The third-order valence-electron chi connectivity index (χ3n) is 5.82. The number of esters is 3. The largest absolute Gasteiger partial charge is 0.423 e. The van der Waals surface area contributed by atoms with Crippen molar-refractivity contribution in [2.24, 2.45) is 0 Å². The summed E-state index contributed by atoms with van der Waals surface area (Å²) in [6.45, 7) is 10.1. The van der Waals surface area contributed by atoms with Crippen LogP contribution >= 0.6 is 0 Å². The first-order valence-electron chi connectivity index (χ1n) is 11.2. The molecule has 0 fully saturated rings. The van der Waals surface area contributed by atoms with Crippen LogP contribution in [-0.4, -0.2) is 29.6 Å². The fourth-order valence-electron chi connectivity index (χ4n) is 3.85. The van der Waals surface area contributed by atoms with Crippen LogP contribution in [0.15, 0.2) is 85.0 Å². The molecule has 36 heavy (non-hydrogen) atoms. The monoisotopic (exact) mass is 484 g/mol. The maximum absolute atomic E-state index is 12.7. The molecule has 0 radical (unpaired) electrons. The van der Waals surface area contributed by atoms with Crippen LogP contribution in [0.3, 0.4) is 0 Å². The molecule has 0 saturated heterocycles. The zero-order valence-electron chi connectivity index (χ0n) is 19.9. The Hall–Kier alpha value is -4.49. The SMILES string of the molecule is C=C(C)C(=O)Oc1ccc(C(=O)Oc2ccc3c(c2)C(C)c2cc(OC(=O)C(=C)CO)ccc2-3)cc1. The fraction of sp³-hybridized carbons (Fsp3) is 0.138.